The molecule has 2 aliphatic rings. The quantitative estimate of drug-likeness (QED) is 0.770. The predicted molar refractivity (Wildman–Crippen MR) is 96.7 cm³/mol. The number of carbonyl (C=O) groups excluding carboxylic acids is 2. The molecule has 2 aromatic rings. The number of ketones is 1. The van der Waals surface area contributed by atoms with Gasteiger partial charge < -0.3 is 14.4 Å². The van der Waals surface area contributed by atoms with Gasteiger partial charge >= 0.3 is 0 Å². The van der Waals surface area contributed by atoms with E-state index in [1.54, 1.807) is 29.2 Å². The second kappa shape index (κ2) is 7.00. The van der Waals surface area contributed by atoms with Crippen LogP contribution in [-0.4, -0.2) is 29.9 Å². The summed E-state index contributed by atoms with van der Waals surface area (Å²) in [4.78, 5) is 26.6. The van der Waals surface area contributed by atoms with Crippen LogP contribution in [0.1, 0.15) is 34.3 Å². The highest BCUT2D eigenvalue weighted by Gasteiger charge is 2.25. The summed E-state index contributed by atoms with van der Waals surface area (Å²) in [7, 11) is 0. The summed E-state index contributed by atoms with van der Waals surface area (Å²) < 4.78 is 10.8. The lowest BCUT2D eigenvalue weighted by atomic mass is 9.98. The number of ether oxygens (including phenoxy) is 2. The molecular formula is C20H18ClNO4. The first kappa shape index (κ1) is 16.9. The highest BCUT2D eigenvalue weighted by molar-refractivity contribution is 6.34. The summed E-state index contributed by atoms with van der Waals surface area (Å²) in [5, 5.41) is 0.424. The van der Waals surface area contributed by atoms with Gasteiger partial charge in [-0.25, -0.2) is 0 Å². The van der Waals surface area contributed by atoms with Gasteiger partial charge in [0.1, 0.15) is 0 Å². The average molecular weight is 372 g/mol. The van der Waals surface area contributed by atoms with Gasteiger partial charge in [-0.2, -0.15) is 0 Å². The number of carbonyl (C=O) groups is 2. The Morgan fingerprint density at radius 3 is 2.54 bits per heavy atom. The first-order valence-electron chi connectivity index (χ1n) is 8.59. The molecule has 2 heterocycles. The SMILES string of the molecule is O=C(CCC(=O)N1CCc2cc3c(cc2C1)OCO3)c1ccccc1Cl. The van der Waals surface area contributed by atoms with Crippen molar-refractivity contribution in [3.05, 3.63) is 58.1 Å². The Kier molecular flexibility index (Phi) is 4.55. The van der Waals surface area contributed by atoms with E-state index < -0.39 is 0 Å². The van der Waals surface area contributed by atoms with E-state index in [1.807, 2.05) is 12.1 Å². The van der Waals surface area contributed by atoms with Crippen molar-refractivity contribution in [1.29, 1.82) is 0 Å². The smallest absolute Gasteiger partial charge is 0.231 e. The lowest BCUT2D eigenvalue weighted by Crippen LogP contribution is -2.36. The molecule has 0 spiro atoms. The van der Waals surface area contributed by atoms with E-state index in [-0.39, 0.29) is 31.3 Å². The molecule has 1 amide bonds. The van der Waals surface area contributed by atoms with Gasteiger partial charge in [-0.3, -0.25) is 9.59 Å². The fourth-order valence-corrected chi connectivity index (χ4v) is 3.60. The third-order valence-electron chi connectivity index (χ3n) is 4.80. The van der Waals surface area contributed by atoms with Crippen LogP contribution >= 0.6 is 11.6 Å². The molecular weight excluding hydrogens is 354 g/mol. The number of fused-ring (bicyclic) bond motifs is 2. The minimum Gasteiger partial charge on any atom is -0.454 e. The van der Waals surface area contributed by atoms with Crippen molar-refractivity contribution in [2.75, 3.05) is 13.3 Å². The van der Waals surface area contributed by atoms with Crippen LogP contribution in [0.15, 0.2) is 36.4 Å². The fraction of sp³-hybridized carbons (Fsp3) is 0.300. The zero-order valence-corrected chi connectivity index (χ0v) is 14.9. The normalized spacial score (nSPS) is 14.9. The molecule has 0 radical (unpaired) electrons. The van der Waals surface area contributed by atoms with Crippen molar-refractivity contribution < 1.29 is 19.1 Å². The molecule has 26 heavy (non-hydrogen) atoms. The fourth-order valence-electron chi connectivity index (χ4n) is 3.36. The number of rotatable bonds is 4. The lowest BCUT2D eigenvalue weighted by molar-refractivity contribution is -0.132. The standard InChI is InChI=1S/C20H18ClNO4/c21-16-4-2-1-3-15(16)17(23)5-6-20(24)22-8-7-13-9-18-19(26-12-25-18)10-14(13)11-22/h1-4,9-10H,5-8,11-12H2. The third kappa shape index (κ3) is 3.27. The van der Waals surface area contributed by atoms with Gasteiger partial charge in [-0.15, -0.1) is 0 Å². The van der Waals surface area contributed by atoms with Crippen LogP contribution in [0.2, 0.25) is 5.02 Å². The zero-order chi connectivity index (χ0) is 18.1. The van der Waals surface area contributed by atoms with E-state index in [0.29, 0.717) is 23.7 Å². The van der Waals surface area contributed by atoms with Crippen LogP contribution < -0.4 is 9.47 Å². The first-order valence-corrected chi connectivity index (χ1v) is 8.96. The van der Waals surface area contributed by atoms with Crippen molar-refractivity contribution in [1.82, 2.24) is 4.90 Å². The van der Waals surface area contributed by atoms with Crippen molar-refractivity contribution in [2.24, 2.45) is 0 Å². The minimum atomic E-state index is -0.107. The molecule has 2 aliphatic heterocycles. The highest BCUT2D eigenvalue weighted by Crippen LogP contribution is 2.36. The Balaban J connectivity index is 1.39. The van der Waals surface area contributed by atoms with Crippen LogP contribution in [-0.2, 0) is 17.8 Å². The van der Waals surface area contributed by atoms with E-state index in [9.17, 15) is 9.59 Å². The van der Waals surface area contributed by atoms with Gasteiger partial charge in [0.2, 0.25) is 12.7 Å². The third-order valence-corrected chi connectivity index (χ3v) is 5.13. The monoisotopic (exact) mass is 371 g/mol. The van der Waals surface area contributed by atoms with Gasteiger partial charge in [0, 0.05) is 31.5 Å². The van der Waals surface area contributed by atoms with E-state index in [1.165, 1.54) is 5.56 Å². The molecule has 0 aliphatic carbocycles. The molecule has 2 aromatic carbocycles. The Hall–Kier alpha value is -2.53. The Labute approximate surface area is 156 Å². The Morgan fingerprint density at radius 1 is 1.04 bits per heavy atom. The summed E-state index contributed by atoms with van der Waals surface area (Å²) in [6, 6.07) is 10.9. The molecule has 0 unspecified atom stereocenters. The molecule has 0 saturated carbocycles. The van der Waals surface area contributed by atoms with Crippen molar-refractivity contribution in [3.63, 3.8) is 0 Å². The molecule has 0 N–H and O–H groups in total. The molecule has 0 fully saturated rings. The number of benzene rings is 2. The van der Waals surface area contributed by atoms with E-state index in [2.05, 4.69) is 0 Å². The maximum atomic E-state index is 12.5. The lowest BCUT2D eigenvalue weighted by Gasteiger charge is -2.29. The van der Waals surface area contributed by atoms with Crippen LogP contribution in [0.4, 0.5) is 0 Å². The number of nitrogens with zero attached hydrogens (tertiary/aromatic N) is 1. The second-order valence-electron chi connectivity index (χ2n) is 6.44. The van der Waals surface area contributed by atoms with Crippen LogP contribution in [0.25, 0.3) is 0 Å². The van der Waals surface area contributed by atoms with E-state index in [4.69, 9.17) is 21.1 Å². The van der Waals surface area contributed by atoms with Crippen LogP contribution in [0.3, 0.4) is 0 Å². The molecule has 5 nitrogen and oxygen atoms in total. The number of hydrogen-bond donors (Lipinski definition) is 0. The molecule has 4 rings (SSSR count). The van der Waals surface area contributed by atoms with Crippen molar-refractivity contribution in [2.45, 2.75) is 25.8 Å². The molecule has 0 aromatic heterocycles. The topological polar surface area (TPSA) is 55.8 Å². The summed E-state index contributed by atoms with van der Waals surface area (Å²) in [6.07, 6.45) is 1.12. The van der Waals surface area contributed by atoms with Gasteiger partial charge in [-0.05, 0) is 41.8 Å². The Morgan fingerprint density at radius 2 is 1.77 bits per heavy atom. The summed E-state index contributed by atoms with van der Waals surface area (Å²) in [5.41, 5.74) is 2.73. The maximum Gasteiger partial charge on any atom is 0.231 e. The number of amides is 1. The molecule has 0 saturated heterocycles. The predicted octanol–water partition coefficient (Wildman–Crippen LogP) is 3.62. The van der Waals surface area contributed by atoms with Gasteiger partial charge in [0.05, 0.1) is 5.02 Å². The average Bonchev–Trinajstić information content (AvgIpc) is 3.11. The summed E-state index contributed by atoms with van der Waals surface area (Å²) in [5.74, 6) is 1.37. The molecule has 0 bridgehead atoms. The van der Waals surface area contributed by atoms with Gasteiger partial charge in [0.15, 0.2) is 17.3 Å². The van der Waals surface area contributed by atoms with Gasteiger partial charge in [-0.1, -0.05) is 23.7 Å². The zero-order valence-electron chi connectivity index (χ0n) is 14.2. The number of hydrogen-bond acceptors (Lipinski definition) is 4. The first-order chi connectivity index (χ1) is 12.6. The summed E-state index contributed by atoms with van der Waals surface area (Å²) >= 11 is 6.05. The Bertz CT molecular complexity index is 880. The molecule has 134 valence electrons. The van der Waals surface area contributed by atoms with Crippen LogP contribution in [0.5, 0.6) is 11.5 Å². The van der Waals surface area contributed by atoms with Crippen LogP contribution in [0, 0.1) is 0 Å². The molecule has 6 heteroatoms. The van der Waals surface area contributed by atoms with Gasteiger partial charge in [0.25, 0.3) is 0 Å². The summed E-state index contributed by atoms with van der Waals surface area (Å²) in [6.45, 7) is 1.42. The van der Waals surface area contributed by atoms with E-state index in [0.717, 1.165) is 23.5 Å². The van der Waals surface area contributed by atoms with E-state index >= 15 is 0 Å². The van der Waals surface area contributed by atoms with Crippen molar-refractivity contribution >= 4 is 23.3 Å². The number of Topliss-reactive ketones (excluding diaryl/α,β-unsaturated/α-hetero) is 1. The van der Waals surface area contributed by atoms with Crippen molar-refractivity contribution in [3.8, 4) is 11.5 Å². The minimum absolute atomic E-state index is 0.0197. The number of halogens is 1. The molecule has 0 atom stereocenters. The maximum absolute atomic E-state index is 12.5. The second-order valence-corrected chi connectivity index (χ2v) is 6.85. The highest BCUT2D eigenvalue weighted by atomic mass is 35.5. The largest absolute Gasteiger partial charge is 0.454 e.